The van der Waals surface area contributed by atoms with Crippen LogP contribution in [0.4, 0.5) is 0 Å². The average Bonchev–Trinajstić information content (AvgIpc) is 2.44. The molecule has 0 unspecified atom stereocenters. The molecule has 0 bridgehead atoms. The topological polar surface area (TPSA) is 82.1 Å². The fourth-order valence-electron chi connectivity index (χ4n) is 1.96. The average molecular weight is 296 g/mol. The highest BCUT2D eigenvalue weighted by atomic mass is 16.5. The molecule has 0 saturated heterocycles. The number of carboxylic acids is 1. The summed E-state index contributed by atoms with van der Waals surface area (Å²) < 4.78 is 15.2. The minimum atomic E-state index is -1.01. The van der Waals surface area contributed by atoms with Crippen molar-refractivity contribution >= 4 is 11.9 Å². The monoisotopic (exact) mass is 296 g/mol. The van der Waals surface area contributed by atoms with Crippen LogP contribution in [-0.4, -0.2) is 38.4 Å². The van der Waals surface area contributed by atoms with Gasteiger partial charge in [0, 0.05) is 0 Å². The molecule has 0 aliphatic heterocycles. The Bertz CT molecular complexity index is 547. The quantitative estimate of drug-likeness (QED) is 0.810. The predicted octanol–water partition coefficient (Wildman–Crippen LogP) is 2.14. The number of methoxy groups -OCH3 is 3. The minimum Gasteiger partial charge on any atom is -0.493 e. The van der Waals surface area contributed by atoms with Crippen LogP contribution in [0.5, 0.6) is 11.5 Å². The second-order valence-electron chi connectivity index (χ2n) is 5.23. The fraction of sp³-hybridized carbons (Fsp3) is 0.467. The van der Waals surface area contributed by atoms with E-state index in [4.69, 9.17) is 14.2 Å². The van der Waals surface area contributed by atoms with Crippen LogP contribution in [0.25, 0.3) is 0 Å². The van der Waals surface area contributed by atoms with Gasteiger partial charge < -0.3 is 19.3 Å². The maximum absolute atomic E-state index is 11.7. The lowest BCUT2D eigenvalue weighted by atomic mass is 9.85. The highest BCUT2D eigenvalue weighted by molar-refractivity contribution is 5.90. The summed E-state index contributed by atoms with van der Waals surface area (Å²) in [5.74, 6) is -0.687. The summed E-state index contributed by atoms with van der Waals surface area (Å²) in [5.41, 5.74) is -0.150. The van der Waals surface area contributed by atoms with Gasteiger partial charge in [0.15, 0.2) is 11.5 Å². The van der Waals surface area contributed by atoms with Crippen LogP contribution in [-0.2, 0) is 16.0 Å². The van der Waals surface area contributed by atoms with Crippen molar-refractivity contribution in [3.8, 4) is 11.5 Å². The number of carbonyl (C=O) groups excluding carboxylic acids is 1. The van der Waals surface area contributed by atoms with Gasteiger partial charge in [0.1, 0.15) is 0 Å². The van der Waals surface area contributed by atoms with Gasteiger partial charge in [-0.15, -0.1) is 0 Å². The minimum absolute atomic E-state index is 0.187. The zero-order valence-electron chi connectivity index (χ0n) is 12.9. The molecule has 0 spiro atoms. The van der Waals surface area contributed by atoms with Crippen LogP contribution in [0.1, 0.15) is 29.8 Å². The van der Waals surface area contributed by atoms with Crippen molar-refractivity contribution in [2.75, 3.05) is 21.3 Å². The van der Waals surface area contributed by atoms with E-state index < -0.39 is 17.4 Å². The molecule has 0 saturated carbocycles. The number of aliphatic carboxylic acids is 1. The van der Waals surface area contributed by atoms with Gasteiger partial charge in [0.05, 0.1) is 32.3 Å². The molecule has 6 heteroatoms. The van der Waals surface area contributed by atoms with E-state index in [0.29, 0.717) is 17.1 Å². The van der Waals surface area contributed by atoms with Gasteiger partial charge in [0.2, 0.25) is 0 Å². The molecule has 0 amide bonds. The molecular formula is C15H20O6. The number of hydrogen-bond donors (Lipinski definition) is 1. The first-order chi connectivity index (χ1) is 9.76. The molecule has 0 aliphatic carbocycles. The molecule has 0 heterocycles. The van der Waals surface area contributed by atoms with E-state index in [1.54, 1.807) is 19.9 Å². The molecule has 0 atom stereocenters. The Labute approximate surface area is 123 Å². The molecule has 1 rings (SSSR count). The number of benzene rings is 1. The lowest BCUT2D eigenvalue weighted by Crippen LogP contribution is -2.26. The van der Waals surface area contributed by atoms with Crippen molar-refractivity contribution in [2.24, 2.45) is 5.41 Å². The van der Waals surface area contributed by atoms with Crippen molar-refractivity contribution in [3.05, 3.63) is 23.3 Å². The van der Waals surface area contributed by atoms with Crippen molar-refractivity contribution in [1.29, 1.82) is 0 Å². The van der Waals surface area contributed by atoms with Crippen LogP contribution in [0.15, 0.2) is 12.1 Å². The van der Waals surface area contributed by atoms with Crippen molar-refractivity contribution in [3.63, 3.8) is 0 Å². The SMILES string of the molecule is COC(=O)c1cc(CC(C)(C)C(=O)O)c(OC)c(OC)c1. The van der Waals surface area contributed by atoms with Crippen molar-refractivity contribution in [2.45, 2.75) is 20.3 Å². The smallest absolute Gasteiger partial charge is 0.337 e. The number of carbonyl (C=O) groups is 2. The summed E-state index contributed by atoms with van der Waals surface area (Å²) in [7, 11) is 4.19. The van der Waals surface area contributed by atoms with Gasteiger partial charge in [-0.3, -0.25) is 4.79 Å². The van der Waals surface area contributed by atoms with E-state index >= 15 is 0 Å². The highest BCUT2D eigenvalue weighted by Crippen LogP contribution is 2.36. The van der Waals surface area contributed by atoms with E-state index in [0.717, 1.165) is 0 Å². The maximum atomic E-state index is 11.7. The van der Waals surface area contributed by atoms with E-state index in [9.17, 15) is 14.7 Å². The normalized spacial score (nSPS) is 10.9. The largest absolute Gasteiger partial charge is 0.493 e. The van der Waals surface area contributed by atoms with Crippen molar-refractivity contribution < 1.29 is 28.9 Å². The van der Waals surface area contributed by atoms with Crippen LogP contribution >= 0.6 is 0 Å². The molecular weight excluding hydrogens is 276 g/mol. The molecule has 0 fully saturated rings. The molecule has 0 aromatic heterocycles. The second-order valence-corrected chi connectivity index (χ2v) is 5.23. The van der Waals surface area contributed by atoms with Gasteiger partial charge in [-0.2, -0.15) is 0 Å². The fourth-order valence-corrected chi connectivity index (χ4v) is 1.96. The number of hydrogen-bond acceptors (Lipinski definition) is 5. The third kappa shape index (κ3) is 3.65. The molecule has 1 aromatic rings. The number of carboxylic acid groups (broad SMARTS) is 1. The summed E-state index contributed by atoms with van der Waals surface area (Å²) in [5, 5.41) is 9.25. The Hall–Kier alpha value is -2.24. The van der Waals surface area contributed by atoms with Gasteiger partial charge in [-0.1, -0.05) is 0 Å². The Balaban J connectivity index is 3.40. The third-order valence-corrected chi connectivity index (χ3v) is 3.19. The van der Waals surface area contributed by atoms with E-state index in [1.165, 1.54) is 27.4 Å². The first kappa shape index (κ1) is 16.8. The maximum Gasteiger partial charge on any atom is 0.337 e. The summed E-state index contributed by atoms with van der Waals surface area (Å²) in [6, 6.07) is 3.07. The third-order valence-electron chi connectivity index (χ3n) is 3.19. The van der Waals surface area contributed by atoms with E-state index in [-0.39, 0.29) is 12.0 Å². The molecule has 21 heavy (non-hydrogen) atoms. The van der Waals surface area contributed by atoms with Crippen LogP contribution in [0.2, 0.25) is 0 Å². The Morgan fingerprint density at radius 2 is 1.76 bits per heavy atom. The molecule has 1 aromatic carbocycles. The van der Waals surface area contributed by atoms with E-state index in [1.807, 2.05) is 0 Å². The van der Waals surface area contributed by atoms with Crippen LogP contribution < -0.4 is 9.47 Å². The van der Waals surface area contributed by atoms with Gasteiger partial charge >= 0.3 is 11.9 Å². The molecule has 1 N–H and O–H groups in total. The second kappa shape index (κ2) is 6.47. The number of esters is 1. The first-order valence-electron chi connectivity index (χ1n) is 6.33. The lowest BCUT2D eigenvalue weighted by molar-refractivity contribution is -0.146. The number of ether oxygens (including phenoxy) is 3. The van der Waals surface area contributed by atoms with Crippen molar-refractivity contribution in [1.82, 2.24) is 0 Å². The Kier molecular flexibility index (Phi) is 5.18. The summed E-state index contributed by atoms with van der Waals surface area (Å²) in [6.07, 6.45) is 0.187. The standard InChI is InChI=1S/C15H20O6/c1-15(2,14(17)18)8-10-6-9(13(16)21-5)7-11(19-3)12(10)20-4/h6-7H,8H2,1-5H3,(H,17,18). The Morgan fingerprint density at radius 1 is 1.14 bits per heavy atom. The van der Waals surface area contributed by atoms with Gasteiger partial charge in [-0.25, -0.2) is 4.79 Å². The molecule has 6 nitrogen and oxygen atoms in total. The Morgan fingerprint density at radius 3 is 2.19 bits per heavy atom. The van der Waals surface area contributed by atoms with Gasteiger partial charge in [0.25, 0.3) is 0 Å². The van der Waals surface area contributed by atoms with Crippen LogP contribution in [0.3, 0.4) is 0 Å². The zero-order chi connectivity index (χ0) is 16.2. The predicted molar refractivity (Wildman–Crippen MR) is 76.0 cm³/mol. The zero-order valence-corrected chi connectivity index (χ0v) is 12.9. The number of rotatable bonds is 6. The highest BCUT2D eigenvalue weighted by Gasteiger charge is 2.30. The summed E-state index contributed by atoms with van der Waals surface area (Å²) >= 11 is 0. The molecule has 0 aliphatic rings. The summed E-state index contributed by atoms with van der Waals surface area (Å²) in [6.45, 7) is 3.21. The van der Waals surface area contributed by atoms with Crippen LogP contribution in [0, 0.1) is 5.41 Å². The lowest BCUT2D eigenvalue weighted by Gasteiger charge is -2.22. The molecule has 0 radical (unpaired) electrons. The first-order valence-corrected chi connectivity index (χ1v) is 6.33. The van der Waals surface area contributed by atoms with Gasteiger partial charge in [-0.05, 0) is 38.0 Å². The summed E-state index contributed by atoms with van der Waals surface area (Å²) in [4.78, 5) is 23.0. The molecule has 116 valence electrons. The van der Waals surface area contributed by atoms with E-state index in [2.05, 4.69) is 0 Å².